The third-order valence-corrected chi connectivity index (χ3v) is 9.90. The summed E-state index contributed by atoms with van der Waals surface area (Å²) in [6, 6.07) is 11.9. The van der Waals surface area contributed by atoms with E-state index >= 15 is 0 Å². The Hall–Kier alpha value is -2.80. The lowest BCUT2D eigenvalue weighted by atomic mass is 10.2. The maximum Gasteiger partial charge on any atom is 0.243 e. The summed E-state index contributed by atoms with van der Waals surface area (Å²) in [7, 11) is -7.14. The number of hydrogen-bond donors (Lipinski definition) is 2. The van der Waals surface area contributed by atoms with Crippen molar-refractivity contribution in [3.63, 3.8) is 0 Å². The Kier molecular flexibility index (Phi) is 11.2. The molecule has 0 saturated heterocycles. The van der Waals surface area contributed by atoms with E-state index in [0.29, 0.717) is 44.0 Å². The van der Waals surface area contributed by atoms with Crippen LogP contribution in [-0.2, 0) is 29.6 Å². The van der Waals surface area contributed by atoms with Crippen molar-refractivity contribution in [2.24, 2.45) is 0 Å². The molecule has 2 aromatic rings. The van der Waals surface area contributed by atoms with Crippen LogP contribution in [0, 0.1) is 0 Å². The first-order valence-corrected chi connectivity index (χ1v) is 15.2. The summed E-state index contributed by atoms with van der Waals surface area (Å²) in [5, 5.41) is 5.40. The molecule has 0 unspecified atom stereocenters. The van der Waals surface area contributed by atoms with Gasteiger partial charge in [-0.2, -0.15) is 8.61 Å². The van der Waals surface area contributed by atoms with E-state index in [2.05, 4.69) is 10.6 Å². The van der Waals surface area contributed by atoms with Gasteiger partial charge >= 0.3 is 0 Å². The van der Waals surface area contributed by atoms with Gasteiger partial charge in [-0.05, 0) is 55.0 Å². The minimum atomic E-state index is -3.57. The van der Waals surface area contributed by atoms with Gasteiger partial charge in [0.25, 0.3) is 0 Å². The van der Waals surface area contributed by atoms with Gasteiger partial charge in [-0.3, -0.25) is 9.59 Å². The average molecular weight is 553 g/mol. The van der Waals surface area contributed by atoms with Crippen LogP contribution in [0.15, 0.2) is 58.3 Å². The minimum absolute atomic E-state index is 0.105. The van der Waals surface area contributed by atoms with Crippen LogP contribution in [0.1, 0.15) is 47.0 Å². The van der Waals surface area contributed by atoms with Gasteiger partial charge < -0.3 is 10.6 Å². The molecule has 0 aliphatic carbocycles. The Morgan fingerprint density at radius 3 is 1.16 bits per heavy atom. The van der Waals surface area contributed by atoms with Crippen LogP contribution in [0.25, 0.3) is 0 Å². The molecule has 0 saturated carbocycles. The molecule has 0 aliphatic rings. The number of sulfonamides is 2. The van der Waals surface area contributed by atoms with E-state index in [1.807, 2.05) is 0 Å². The van der Waals surface area contributed by atoms with Crippen LogP contribution in [0.5, 0.6) is 0 Å². The largest absolute Gasteiger partial charge is 0.326 e. The van der Waals surface area contributed by atoms with Crippen molar-refractivity contribution in [1.82, 2.24) is 8.61 Å². The number of hydrogen-bond acceptors (Lipinski definition) is 6. The van der Waals surface area contributed by atoms with Gasteiger partial charge in [-0.15, -0.1) is 0 Å². The number of amides is 2. The van der Waals surface area contributed by atoms with E-state index in [0.717, 1.165) is 0 Å². The fourth-order valence-electron chi connectivity index (χ4n) is 3.70. The standard InChI is InChI=1S/C25H36N4O6S2/c1-5-28(6-2)36(32,33)22-16-12-20(13-17-22)26-24(30)10-9-11-25(31)27-21-14-18-23(19-15-21)37(34,35)29(7-3)8-4/h12-19H,5-11H2,1-4H3,(H,26,30)(H,27,31). The van der Waals surface area contributed by atoms with E-state index in [4.69, 9.17) is 0 Å². The second-order valence-corrected chi connectivity index (χ2v) is 12.1. The number of benzene rings is 2. The molecular weight excluding hydrogens is 516 g/mol. The van der Waals surface area contributed by atoms with Gasteiger partial charge in [0.2, 0.25) is 31.9 Å². The molecule has 0 atom stereocenters. The molecule has 0 bridgehead atoms. The molecule has 0 aromatic heterocycles. The number of rotatable bonds is 14. The predicted molar refractivity (Wildman–Crippen MR) is 144 cm³/mol. The first-order valence-electron chi connectivity index (χ1n) is 12.3. The van der Waals surface area contributed by atoms with Gasteiger partial charge in [-0.1, -0.05) is 27.7 Å². The highest BCUT2D eigenvalue weighted by molar-refractivity contribution is 7.89. The first kappa shape index (κ1) is 30.4. The monoisotopic (exact) mass is 552 g/mol. The summed E-state index contributed by atoms with van der Waals surface area (Å²) < 4.78 is 52.9. The molecule has 10 nitrogen and oxygen atoms in total. The van der Waals surface area contributed by atoms with Gasteiger partial charge in [-0.25, -0.2) is 16.8 Å². The third-order valence-electron chi connectivity index (χ3n) is 5.77. The van der Waals surface area contributed by atoms with E-state index in [9.17, 15) is 26.4 Å². The molecule has 12 heteroatoms. The molecule has 0 heterocycles. The maximum absolute atomic E-state index is 12.5. The molecule has 2 rings (SSSR count). The van der Waals surface area contributed by atoms with Crippen LogP contribution >= 0.6 is 0 Å². The zero-order valence-electron chi connectivity index (χ0n) is 21.7. The summed E-state index contributed by atoms with van der Waals surface area (Å²) in [4.78, 5) is 24.8. The quantitative estimate of drug-likeness (QED) is 0.369. The molecule has 0 spiro atoms. The van der Waals surface area contributed by atoms with Crippen LogP contribution in [0.4, 0.5) is 11.4 Å². The number of carbonyl (C=O) groups is 2. The number of nitrogens with zero attached hydrogens (tertiary/aromatic N) is 2. The summed E-state index contributed by atoms with van der Waals surface area (Å²) in [6.45, 7) is 8.56. The zero-order chi connectivity index (χ0) is 27.6. The maximum atomic E-state index is 12.5. The van der Waals surface area contributed by atoms with Crippen LogP contribution < -0.4 is 10.6 Å². The Morgan fingerprint density at radius 2 is 0.892 bits per heavy atom. The van der Waals surface area contributed by atoms with Crippen molar-refractivity contribution >= 4 is 43.2 Å². The van der Waals surface area contributed by atoms with Crippen LogP contribution in [-0.4, -0.2) is 63.4 Å². The lowest BCUT2D eigenvalue weighted by Gasteiger charge is -2.18. The Balaban J connectivity index is 1.83. The fraction of sp³-hybridized carbons (Fsp3) is 0.440. The summed E-state index contributed by atoms with van der Waals surface area (Å²) in [5.41, 5.74) is 0.931. The smallest absolute Gasteiger partial charge is 0.243 e. The highest BCUT2D eigenvalue weighted by Gasteiger charge is 2.22. The van der Waals surface area contributed by atoms with E-state index < -0.39 is 20.0 Å². The van der Waals surface area contributed by atoms with Crippen molar-refractivity contribution < 1.29 is 26.4 Å². The summed E-state index contributed by atoms with van der Waals surface area (Å²) in [5.74, 6) is -0.587. The Bertz CT molecular complexity index is 1150. The topological polar surface area (TPSA) is 133 Å². The Morgan fingerprint density at radius 1 is 0.595 bits per heavy atom. The lowest BCUT2D eigenvalue weighted by Crippen LogP contribution is -2.30. The zero-order valence-corrected chi connectivity index (χ0v) is 23.4. The van der Waals surface area contributed by atoms with Crippen LogP contribution in [0.2, 0.25) is 0 Å². The molecule has 2 N–H and O–H groups in total. The van der Waals surface area contributed by atoms with Crippen molar-refractivity contribution in [2.75, 3.05) is 36.8 Å². The predicted octanol–water partition coefficient (Wildman–Crippen LogP) is 3.50. The van der Waals surface area contributed by atoms with Crippen LogP contribution in [0.3, 0.4) is 0 Å². The molecule has 2 amide bonds. The molecule has 0 aliphatic heterocycles. The third kappa shape index (κ3) is 8.09. The van der Waals surface area contributed by atoms with Crippen molar-refractivity contribution in [2.45, 2.75) is 56.7 Å². The average Bonchev–Trinajstić information content (AvgIpc) is 2.86. The summed E-state index contributed by atoms with van der Waals surface area (Å²) >= 11 is 0. The van der Waals surface area contributed by atoms with Gasteiger partial charge in [0.1, 0.15) is 0 Å². The number of anilines is 2. The van der Waals surface area contributed by atoms with E-state index in [1.165, 1.54) is 57.1 Å². The molecule has 204 valence electrons. The highest BCUT2D eigenvalue weighted by atomic mass is 32.2. The Labute approximate surface area is 220 Å². The van der Waals surface area contributed by atoms with Crippen molar-refractivity contribution in [3.05, 3.63) is 48.5 Å². The second-order valence-electron chi connectivity index (χ2n) is 8.18. The van der Waals surface area contributed by atoms with Gasteiger partial charge in [0.15, 0.2) is 0 Å². The van der Waals surface area contributed by atoms with Crippen molar-refractivity contribution in [1.29, 1.82) is 0 Å². The van der Waals surface area contributed by atoms with E-state index in [1.54, 1.807) is 27.7 Å². The molecule has 0 fully saturated rings. The second kappa shape index (κ2) is 13.7. The minimum Gasteiger partial charge on any atom is -0.326 e. The molecular formula is C25H36N4O6S2. The summed E-state index contributed by atoms with van der Waals surface area (Å²) in [6.07, 6.45) is 0.516. The highest BCUT2D eigenvalue weighted by Crippen LogP contribution is 2.20. The lowest BCUT2D eigenvalue weighted by molar-refractivity contribution is -0.117. The van der Waals surface area contributed by atoms with Gasteiger partial charge in [0, 0.05) is 50.4 Å². The molecule has 2 aromatic carbocycles. The molecule has 0 radical (unpaired) electrons. The fourth-order valence-corrected chi connectivity index (χ4v) is 6.62. The van der Waals surface area contributed by atoms with Crippen molar-refractivity contribution in [3.8, 4) is 0 Å². The van der Waals surface area contributed by atoms with E-state index in [-0.39, 0.29) is 34.4 Å². The molecule has 37 heavy (non-hydrogen) atoms. The normalized spacial score (nSPS) is 12.1. The first-order chi connectivity index (χ1) is 17.5. The van der Waals surface area contributed by atoms with Gasteiger partial charge in [0.05, 0.1) is 9.79 Å². The number of carbonyl (C=O) groups excluding carboxylic acids is 2. The SMILES string of the molecule is CCN(CC)S(=O)(=O)c1ccc(NC(=O)CCCC(=O)Nc2ccc(S(=O)(=O)N(CC)CC)cc2)cc1. The number of nitrogens with one attached hydrogen (secondary N) is 2.